The molecule has 0 spiro atoms. The van der Waals surface area contributed by atoms with Gasteiger partial charge >= 0.3 is 0 Å². The summed E-state index contributed by atoms with van der Waals surface area (Å²) in [5.74, 6) is 1.48. The van der Waals surface area contributed by atoms with Crippen molar-refractivity contribution in [2.75, 3.05) is 17.2 Å². The Kier molecular flexibility index (Phi) is 3.18. The molecule has 1 aromatic heterocycles. The lowest BCUT2D eigenvalue weighted by atomic mass is 9.98. The lowest BCUT2D eigenvalue weighted by Crippen LogP contribution is -2.32. The summed E-state index contributed by atoms with van der Waals surface area (Å²) in [7, 11) is 0. The van der Waals surface area contributed by atoms with Crippen molar-refractivity contribution in [3.8, 4) is 0 Å². The molecule has 0 radical (unpaired) electrons. The molecule has 3 N–H and O–H groups in total. The summed E-state index contributed by atoms with van der Waals surface area (Å²) < 4.78 is 0. The van der Waals surface area contributed by atoms with Crippen LogP contribution in [-0.4, -0.2) is 16.5 Å². The van der Waals surface area contributed by atoms with E-state index in [0.29, 0.717) is 0 Å². The molecule has 0 amide bonds. The summed E-state index contributed by atoms with van der Waals surface area (Å²) in [6, 6.07) is 7.57. The molecular formula is C15H18N4O. The van der Waals surface area contributed by atoms with E-state index < -0.39 is 0 Å². The van der Waals surface area contributed by atoms with Crippen LogP contribution in [0.1, 0.15) is 23.9 Å². The number of nitrogens with one attached hydrogen (secondary N) is 1. The second-order valence-corrected chi connectivity index (χ2v) is 5.06. The molecule has 1 aliphatic rings. The van der Waals surface area contributed by atoms with Crippen LogP contribution < -0.4 is 16.2 Å². The predicted molar refractivity (Wildman–Crippen MR) is 79.8 cm³/mol. The fraction of sp³-hybridized carbons (Fsp3) is 0.333. The van der Waals surface area contributed by atoms with Gasteiger partial charge in [0.2, 0.25) is 0 Å². The third kappa shape index (κ3) is 2.27. The summed E-state index contributed by atoms with van der Waals surface area (Å²) >= 11 is 0. The molecule has 0 saturated carbocycles. The van der Waals surface area contributed by atoms with Crippen molar-refractivity contribution < 1.29 is 0 Å². The number of H-pyrrole nitrogens is 1. The highest BCUT2D eigenvalue weighted by Gasteiger charge is 2.19. The van der Waals surface area contributed by atoms with Crippen molar-refractivity contribution in [1.82, 2.24) is 9.97 Å². The number of nitrogens with zero attached hydrogens (tertiary/aromatic N) is 2. The maximum absolute atomic E-state index is 11.7. The van der Waals surface area contributed by atoms with Crippen LogP contribution in [0, 0.1) is 0 Å². The molecule has 2 heterocycles. The minimum absolute atomic E-state index is 0.0924. The number of aromatic amines is 1. The molecule has 0 atom stereocenters. The molecule has 0 aliphatic carbocycles. The van der Waals surface area contributed by atoms with Crippen LogP contribution in [0.2, 0.25) is 0 Å². The van der Waals surface area contributed by atoms with Gasteiger partial charge in [0.25, 0.3) is 5.56 Å². The van der Waals surface area contributed by atoms with Gasteiger partial charge in [0, 0.05) is 31.3 Å². The van der Waals surface area contributed by atoms with Crippen molar-refractivity contribution in [3.63, 3.8) is 0 Å². The Morgan fingerprint density at radius 3 is 3.10 bits per heavy atom. The lowest BCUT2D eigenvalue weighted by Gasteiger charge is -2.30. The normalized spacial score (nSPS) is 14.2. The molecule has 0 saturated heterocycles. The van der Waals surface area contributed by atoms with Crippen LogP contribution in [0.25, 0.3) is 0 Å². The molecule has 0 fully saturated rings. The topological polar surface area (TPSA) is 75.0 Å². The van der Waals surface area contributed by atoms with Crippen LogP contribution in [0.4, 0.5) is 11.5 Å². The molecule has 20 heavy (non-hydrogen) atoms. The molecule has 5 nitrogen and oxygen atoms in total. The second-order valence-electron chi connectivity index (χ2n) is 5.06. The summed E-state index contributed by atoms with van der Waals surface area (Å²) in [5.41, 5.74) is 9.22. The maximum atomic E-state index is 11.7. The van der Waals surface area contributed by atoms with Crippen LogP contribution in [-0.2, 0) is 19.4 Å². The van der Waals surface area contributed by atoms with Gasteiger partial charge in [-0.15, -0.1) is 0 Å². The fourth-order valence-electron chi connectivity index (χ4n) is 2.66. The number of nitrogen functional groups attached to an aromatic ring is 1. The van der Waals surface area contributed by atoms with Crippen molar-refractivity contribution in [3.05, 3.63) is 51.6 Å². The number of hydrogen-bond acceptors (Lipinski definition) is 4. The Labute approximate surface area is 117 Å². The monoisotopic (exact) mass is 270 g/mol. The second kappa shape index (κ2) is 5.00. The molecule has 104 valence electrons. The maximum Gasteiger partial charge on any atom is 0.252 e. The Hall–Kier alpha value is -2.30. The molecule has 5 heteroatoms. The number of benzene rings is 1. The average Bonchev–Trinajstić information content (AvgIpc) is 2.46. The molecular weight excluding hydrogens is 252 g/mol. The first-order chi connectivity index (χ1) is 9.67. The quantitative estimate of drug-likeness (QED) is 0.810. The predicted octanol–water partition coefficient (Wildman–Crippen LogP) is 1.48. The van der Waals surface area contributed by atoms with Gasteiger partial charge in [-0.25, -0.2) is 4.98 Å². The minimum Gasteiger partial charge on any atom is -0.398 e. The summed E-state index contributed by atoms with van der Waals surface area (Å²) in [4.78, 5) is 21.1. The number of hydrogen-bond donors (Lipinski definition) is 2. The average molecular weight is 270 g/mol. The van der Waals surface area contributed by atoms with Gasteiger partial charge < -0.3 is 15.6 Å². The zero-order chi connectivity index (χ0) is 14.1. The molecule has 3 rings (SSSR count). The first-order valence-electron chi connectivity index (χ1n) is 6.89. The number of nitrogens with two attached hydrogens (primary N) is 1. The van der Waals surface area contributed by atoms with Crippen molar-refractivity contribution in [1.29, 1.82) is 0 Å². The van der Waals surface area contributed by atoms with Gasteiger partial charge in [0.05, 0.1) is 0 Å². The van der Waals surface area contributed by atoms with Crippen LogP contribution >= 0.6 is 0 Å². The Bertz CT molecular complexity index is 693. The van der Waals surface area contributed by atoms with Gasteiger partial charge in [-0.05, 0) is 23.6 Å². The highest BCUT2D eigenvalue weighted by atomic mass is 16.1. The van der Waals surface area contributed by atoms with E-state index in [4.69, 9.17) is 5.73 Å². The number of fused-ring (bicyclic) bond motifs is 1. The fourth-order valence-corrected chi connectivity index (χ4v) is 2.66. The highest BCUT2D eigenvalue weighted by molar-refractivity contribution is 5.55. The molecule has 0 bridgehead atoms. The van der Waals surface area contributed by atoms with Gasteiger partial charge in [0.15, 0.2) is 0 Å². The smallest absolute Gasteiger partial charge is 0.252 e. The Morgan fingerprint density at radius 1 is 1.45 bits per heavy atom. The third-order valence-electron chi connectivity index (χ3n) is 3.74. The van der Waals surface area contributed by atoms with Gasteiger partial charge in [-0.3, -0.25) is 4.79 Å². The largest absolute Gasteiger partial charge is 0.398 e. The summed E-state index contributed by atoms with van der Waals surface area (Å²) in [6.45, 7) is 3.56. The van der Waals surface area contributed by atoms with E-state index in [9.17, 15) is 4.79 Å². The van der Waals surface area contributed by atoms with Crippen molar-refractivity contribution in [2.45, 2.75) is 26.3 Å². The van der Waals surface area contributed by atoms with E-state index in [1.54, 1.807) is 6.07 Å². The van der Waals surface area contributed by atoms with Crippen molar-refractivity contribution >= 4 is 11.5 Å². The van der Waals surface area contributed by atoms with Crippen LogP contribution in [0.5, 0.6) is 0 Å². The van der Waals surface area contributed by atoms with Gasteiger partial charge in [-0.2, -0.15) is 0 Å². The number of rotatable bonds is 2. The Morgan fingerprint density at radius 2 is 2.30 bits per heavy atom. The molecule has 0 unspecified atom stereocenters. The lowest BCUT2D eigenvalue weighted by molar-refractivity contribution is 0.714. The third-order valence-corrected chi connectivity index (χ3v) is 3.74. The molecule has 2 aromatic rings. The molecule has 1 aromatic carbocycles. The SMILES string of the molecule is CCc1nc(N2CCc3c(N)cccc3C2)cc(=O)[nH]1. The first-order valence-corrected chi connectivity index (χ1v) is 6.89. The standard InChI is InChI=1S/C15H18N4O/c1-2-13-17-14(8-15(20)18-13)19-7-6-11-10(9-19)4-3-5-12(11)16/h3-5,8H,2,6-7,9,16H2,1H3,(H,17,18,20). The summed E-state index contributed by atoms with van der Waals surface area (Å²) in [5, 5.41) is 0. The zero-order valence-electron chi connectivity index (χ0n) is 11.5. The van der Waals surface area contributed by atoms with E-state index >= 15 is 0 Å². The van der Waals surface area contributed by atoms with Gasteiger partial charge in [-0.1, -0.05) is 19.1 Å². The Balaban J connectivity index is 1.94. The van der Waals surface area contributed by atoms with Crippen molar-refractivity contribution in [2.24, 2.45) is 0 Å². The van der Waals surface area contributed by atoms with E-state index in [0.717, 1.165) is 43.3 Å². The minimum atomic E-state index is -0.0924. The van der Waals surface area contributed by atoms with E-state index in [2.05, 4.69) is 20.9 Å². The van der Waals surface area contributed by atoms with E-state index in [1.165, 1.54) is 11.1 Å². The van der Waals surface area contributed by atoms with Crippen LogP contribution in [0.3, 0.4) is 0 Å². The number of anilines is 2. The van der Waals surface area contributed by atoms with Crippen LogP contribution in [0.15, 0.2) is 29.1 Å². The molecule has 1 aliphatic heterocycles. The number of aryl methyl sites for hydroxylation is 1. The number of aromatic nitrogens is 2. The van der Waals surface area contributed by atoms with E-state index in [-0.39, 0.29) is 5.56 Å². The van der Waals surface area contributed by atoms with Gasteiger partial charge in [0.1, 0.15) is 11.6 Å². The summed E-state index contributed by atoms with van der Waals surface area (Å²) in [6.07, 6.45) is 1.61. The highest BCUT2D eigenvalue weighted by Crippen LogP contribution is 2.26. The zero-order valence-corrected chi connectivity index (χ0v) is 11.5. The first kappa shape index (κ1) is 12.7. The van der Waals surface area contributed by atoms with E-state index in [1.807, 2.05) is 19.1 Å².